The van der Waals surface area contributed by atoms with Gasteiger partial charge < -0.3 is 14.6 Å². The van der Waals surface area contributed by atoms with Crippen molar-refractivity contribution in [2.24, 2.45) is 0 Å². The van der Waals surface area contributed by atoms with E-state index in [0.29, 0.717) is 5.82 Å². The summed E-state index contributed by atoms with van der Waals surface area (Å²) in [5.41, 5.74) is 1.02. The molecule has 134 valence electrons. The van der Waals surface area contributed by atoms with Crippen LogP contribution in [-0.4, -0.2) is 23.2 Å². The van der Waals surface area contributed by atoms with Gasteiger partial charge in [0.2, 0.25) is 17.6 Å². The molecule has 0 atom stereocenters. The van der Waals surface area contributed by atoms with Crippen molar-refractivity contribution in [3.8, 4) is 17.1 Å². The molecule has 0 fully saturated rings. The first-order valence-electron chi connectivity index (χ1n) is 7.73. The Kier molecular flexibility index (Phi) is 5.48. The molecule has 2 aromatic carbocycles. The van der Waals surface area contributed by atoms with Gasteiger partial charge in [0.15, 0.2) is 0 Å². The van der Waals surface area contributed by atoms with Gasteiger partial charge in [-0.1, -0.05) is 22.8 Å². The first-order valence-corrected chi connectivity index (χ1v) is 8.10. The number of nitrogens with one attached hydrogen (secondary N) is 1. The molecule has 0 spiro atoms. The van der Waals surface area contributed by atoms with Gasteiger partial charge in [0.05, 0.1) is 20.1 Å². The number of hydrogen-bond donors (Lipinski definition) is 1. The minimum absolute atomic E-state index is 0.0528. The number of aromatic nitrogens is 2. The second-order valence-corrected chi connectivity index (χ2v) is 5.87. The highest BCUT2D eigenvalue weighted by molar-refractivity contribution is 6.30. The van der Waals surface area contributed by atoms with Gasteiger partial charge in [-0.3, -0.25) is 4.79 Å². The summed E-state index contributed by atoms with van der Waals surface area (Å²) in [5, 5.41) is 6.77. The largest absolute Gasteiger partial charge is 0.497 e. The average Bonchev–Trinajstić information content (AvgIpc) is 3.11. The summed E-state index contributed by atoms with van der Waals surface area (Å²) < 4.78 is 23.9. The summed E-state index contributed by atoms with van der Waals surface area (Å²) in [6.07, 6.45) is -0.109. The predicted molar refractivity (Wildman–Crippen MR) is 93.2 cm³/mol. The van der Waals surface area contributed by atoms with Crippen molar-refractivity contribution in [3.05, 3.63) is 64.8 Å². The van der Waals surface area contributed by atoms with E-state index in [4.69, 9.17) is 20.9 Å². The Morgan fingerprint density at radius 2 is 2.04 bits per heavy atom. The fraction of sp³-hybridized carbons (Fsp3) is 0.167. The summed E-state index contributed by atoms with van der Waals surface area (Å²) in [6.45, 7) is 0.0528. The highest BCUT2D eigenvalue weighted by atomic mass is 35.5. The molecule has 8 heteroatoms. The highest BCUT2D eigenvalue weighted by Crippen LogP contribution is 2.19. The van der Waals surface area contributed by atoms with E-state index in [2.05, 4.69) is 15.5 Å². The number of rotatable bonds is 6. The molecule has 0 aliphatic rings. The Morgan fingerprint density at radius 1 is 1.27 bits per heavy atom. The van der Waals surface area contributed by atoms with Crippen LogP contribution in [0.1, 0.15) is 11.5 Å². The predicted octanol–water partition coefficient (Wildman–Crippen LogP) is 3.40. The van der Waals surface area contributed by atoms with Crippen molar-refractivity contribution >= 4 is 17.5 Å². The SMILES string of the molecule is COc1ccc(-c2noc(CNC(=O)Cc3ccc(Cl)cc3F)n2)cc1. The van der Waals surface area contributed by atoms with E-state index in [1.54, 1.807) is 31.4 Å². The number of hydrogen-bond acceptors (Lipinski definition) is 5. The Hall–Kier alpha value is -2.93. The molecule has 0 unspecified atom stereocenters. The number of amides is 1. The molecule has 6 nitrogen and oxygen atoms in total. The maximum Gasteiger partial charge on any atom is 0.246 e. The lowest BCUT2D eigenvalue weighted by Crippen LogP contribution is -2.25. The molecule has 0 aliphatic carbocycles. The first kappa shape index (κ1) is 17.9. The van der Waals surface area contributed by atoms with E-state index < -0.39 is 5.82 Å². The minimum atomic E-state index is -0.521. The summed E-state index contributed by atoms with van der Waals surface area (Å²) >= 11 is 5.69. The molecule has 0 bridgehead atoms. The molecule has 0 radical (unpaired) electrons. The van der Waals surface area contributed by atoms with Gasteiger partial charge >= 0.3 is 0 Å². The topological polar surface area (TPSA) is 77.3 Å². The van der Waals surface area contributed by atoms with Crippen LogP contribution >= 0.6 is 11.6 Å². The normalized spacial score (nSPS) is 10.6. The summed E-state index contributed by atoms with van der Waals surface area (Å²) in [6, 6.07) is 11.4. The third kappa shape index (κ3) is 4.37. The van der Waals surface area contributed by atoms with Crippen molar-refractivity contribution < 1.29 is 18.4 Å². The van der Waals surface area contributed by atoms with Crippen molar-refractivity contribution in [1.29, 1.82) is 0 Å². The molecule has 3 aromatic rings. The number of carbonyl (C=O) groups is 1. The summed E-state index contributed by atoms with van der Waals surface area (Å²) in [5.74, 6) is 0.489. The van der Waals surface area contributed by atoms with Crippen LogP contribution in [0.2, 0.25) is 5.02 Å². The second-order valence-electron chi connectivity index (χ2n) is 5.43. The summed E-state index contributed by atoms with van der Waals surface area (Å²) in [4.78, 5) is 16.2. The molecule has 0 aliphatic heterocycles. The van der Waals surface area contributed by atoms with Crippen molar-refractivity contribution in [3.63, 3.8) is 0 Å². The van der Waals surface area contributed by atoms with Gasteiger partial charge in [-0.05, 0) is 42.0 Å². The third-order valence-electron chi connectivity index (χ3n) is 3.62. The average molecular weight is 376 g/mol. The van der Waals surface area contributed by atoms with Gasteiger partial charge in [0.1, 0.15) is 11.6 Å². The monoisotopic (exact) mass is 375 g/mol. The summed E-state index contributed by atoms with van der Waals surface area (Å²) in [7, 11) is 1.58. The molecular formula is C18H15ClFN3O3. The van der Waals surface area contributed by atoms with Crippen molar-refractivity contribution in [2.75, 3.05) is 7.11 Å². The van der Waals surface area contributed by atoms with Crippen LogP contribution < -0.4 is 10.1 Å². The van der Waals surface area contributed by atoms with E-state index in [-0.39, 0.29) is 35.3 Å². The fourth-order valence-corrected chi connectivity index (χ4v) is 2.42. The molecule has 1 heterocycles. The van der Waals surface area contributed by atoms with Gasteiger partial charge in [0.25, 0.3) is 0 Å². The number of halogens is 2. The van der Waals surface area contributed by atoms with Gasteiger partial charge in [-0.2, -0.15) is 4.98 Å². The van der Waals surface area contributed by atoms with Crippen LogP contribution in [0.4, 0.5) is 4.39 Å². The van der Waals surface area contributed by atoms with Crippen LogP contribution in [0.15, 0.2) is 47.0 Å². The van der Waals surface area contributed by atoms with Crippen LogP contribution in [0, 0.1) is 5.82 Å². The fourth-order valence-electron chi connectivity index (χ4n) is 2.26. The molecule has 0 saturated heterocycles. The lowest BCUT2D eigenvalue weighted by molar-refractivity contribution is -0.120. The molecule has 0 saturated carbocycles. The molecule has 1 amide bonds. The molecule has 1 N–H and O–H groups in total. The van der Waals surface area contributed by atoms with E-state index in [0.717, 1.165) is 11.3 Å². The van der Waals surface area contributed by atoms with Crippen LogP contribution in [-0.2, 0) is 17.8 Å². The zero-order valence-corrected chi connectivity index (χ0v) is 14.6. The van der Waals surface area contributed by atoms with E-state index in [9.17, 15) is 9.18 Å². The maximum atomic E-state index is 13.7. The molecule has 26 heavy (non-hydrogen) atoms. The quantitative estimate of drug-likeness (QED) is 0.714. The smallest absolute Gasteiger partial charge is 0.246 e. The van der Waals surface area contributed by atoms with E-state index >= 15 is 0 Å². The van der Waals surface area contributed by atoms with Gasteiger partial charge in [0, 0.05) is 10.6 Å². The van der Waals surface area contributed by atoms with Crippen LogP contribution in [0.25, 0.3) is 11.4 Å². The van der Waals surface area contributed by atoms with Gasteiger partial charge in [-0.15, -0.1) is 0 Å². The van der Waals surface area contributed by atoms with Crippen molar-refractivity contribution in [1.82, 2.24) is 15.5 Å². The lowest BCUT2D eigenvalue weighted by atomic mass is 10.1. The maximum absolute atomic E-state index is 13.7. The van der Waals surface area contributed by atoms with Crippen molar-refractivity contribution in [2.45, 2.75) is 13.0 Å². The molecular weight excluding hydrogens is 361 g/mol. The Bertz CT molecular complexity index is 912. The third-order valence-corrected chi connectivity index (χ3v) is 3.85. The first-order chi connectivity index (χ1) is 12.5. The number of methoxy groups -OCH3 is 1. The Balaban J connectivity index is 1.58. The van der Waals surface area contributed by atoms with Gasteiger partial charge in [-0.25, -0.2) is 4.39 Å². The second kappa shape index (κ2) is 7.97. The zero-order chi connectivity index (χ0) is 18.5. The number of nitrogens with zero attached hydrogens (tertiary/aromatic N) is 2. The molecule has 1 aromatic heterocycles. The van der Waals surface area contributed by atoms with E-state index in [1.165, 1.54) is 18.2 Å². The Morgan fingerprint density at radius 3 is 2.73 bits per heavy atom. The minimum Gasteiger partial charge on any atom is -0.497 e. The number of carbonyl (C=O) groups excluding carboxylic acids is 1. The van der Waals surface area contributed by atoms with Crippen LogP contribution in [0.3, 0.4) is 0 Å². The van der Waals surface area contributed by atoms with E-state index in [1.807, 2.05) is 0 Å². The highest BCUT2D eigenvalue weighted by Gasteiger charge is 2.12. The number of ether oxygens (including phenoxy) is 1. The zero-order valence-electron chi connectivity index (χ0n) is 13.8. The Labute approximate surface area is 153 Å². The van der Waals surface area contributed by atoms with Crippen LogP contribution in [0.5, 0.6) is 5.75 Å². The standard InChI is InChI=1S/C18H15ClFN3O3/c1-25-14-6-3-11(4-7-14)18-22-17(26-23-18)10-21-16(24)8-12-2-5-13(19)9-15(12)20/h2-7,9H,8,10H2,1H3,(H,21,24). The lowest BCUT2D eigenvalue weighted by Gasteiger charge is -2.04. The number of benzene rings is 2. The molecule has 3 rings (SSSR count).